The number of hydrogen-bond acceptors (Lipinski definition) is 3. The highest BCUT2D eigenvalue weighted by Gasteiger charge is 2.17. The van der Waals surface area contributed by atoms with Gasteiger partial charge in [0.1, 0.15) is 5.60 Å². The molecule has 0 aromatic carbocycles. The largest absolute Gasteiger partial charge is 0.478 e. The average Bonchev–Trinajstić information content (AvgIpc) is 2.04. The second-order valence-electron chi connectivity index (χ2n) is 3.35. The lowest BCUT2D eigenvalue weighted by atomic mass is 10.1. The number of pyridine rings is 1. The van der Waals surface area contributed by atoms with Crippen molar-refractivity contribution in [3.8, 4) is 5.88 Å². The first-order valence-corrected chi connectivity index (χ1v) is 4.36. The van der Waals surface area contributed by atoms with Crippen LogP contribution >= 0.6 is 0 Å². The first-order chi connectivity index (χ1) is 6.04. The predicted octanol–water partition coefficient (Wildman–Crippen LogP) is 1.71. The van der Waals surface area contributed by atoms with Gasteiger partial charge >= 0.3 is 0 Å². The summed E-state index contributed by atoms with van der Waals surface area (Å²) < 4.78 is 5.22. The molecule has 13 heavy (non-hydrogen) atoms. The molecule has 0 amide bonds. The van der Waals surface area contributed by atoms with Crippen LogP contribution in [0.2, 0.25) is 0 Å². The molecule has 1 aromatic rings. The van der Waals surface area contributed by atoms with Gasteiger partial charge in [0.15, 0.2) is 0 Å². The normalized spacial score (nSPS) is 11.4. The van der Waals surface area contributed by atoms with Gasteiger partial charge in [0.05, 0.1) is 12.3 Å². The van der Waals surface area contributed by atoms with Gasteiger partial charge in [-0.2, -0.15) is 0 Å². The second kappa shape index (κ2) is 3.75. The van der Waals surface area contributed by atoms with Crippen molar-refractivity contribution in [2.45, 2.75) is 26.4 Å². The van der Waals surface area contributed by atoms with Crippen LogP contribution < -0.4 is 4.74 Å². The number of rotatable bonds is 3. The Morgan fingerprint density at radius 3 is 2.69 bits per heavy atom. The van der Waals surface area contributed by atoms with Gasteiger partial charge in [0.25, 0.3) is 0 Å². The van der Waals surface area contributed by atoms with E-state index in [0.717, 1.165) is 0 Å². The molecule has 3 nitrogen and oxygen atoms in total. The number of hydrogen-bond donors (Lipinski definition) is 1. The summed E-state index contributed by atoms with van der Waals surface area (Å²) in [7, 11) is 0. The third-order valence-electron chi connectivity index (χ3n) is 1.64. The van der Waals surface area contributed by atoms with Crippen molar-refractivity contribution >= 4 is 0 Å². The standard InChI is InChI=1S/C10H15NO2/c1-4-13-9-7-5-6-8(11-9)10(2,3)12/h5-7,12H,4H2,1-3H3. The molecule has 1 rings (SSSR count). The minimum absolute atomic E-state index is 0.558. The molecule has 0 aliphatic carbocycles. The van der Waals surface area contributed by atoms with Crippen molar-refractivity contribution in [2.75, 3.05) is 6.61 Å². The van der Waals surface area contributed by atoms with Gasteiger partial charge in [0, 0.05) is 6.07 Å². The lowest BCUT2D eigenvalue weighted by molar-refractivity contribution is 0.0730. The SMILES string of the molecule is CCOc1cccc(C(C)(C)O)n1. The predicted molar refractivity (Wildman–Crippen MR) is 50.7 cm³/mol. The average molecular weight is 181 g/mol. The molecule has 0 radical (unpaired) electrons. The van der Waals surface area contributed by atoms with Gasteiger partial charge in [-0.05, 0) is 26.8 Å². The summed E-state index contributed by atoms with van der Waals surface area (Å²) in [6, 6.07) is 5.38. The molecule has 1 N–H and O–H groups in total. The lowest BCUT2D eigenvalue weighted by Gasteiger charge is -2.16. The van der Waals surface area contributed by atoms with Gasteiger partial charge in [-0.3, -0.25) is 0 Å². The van der Waals surface area contributed by atoms with Crippen LogP contribution in [0, 0.1) is 0 Å². The Labute approximate surface area is 78.4 Å². The van der Waals surface area contributed by atoms with E-state index in [1.54, 1.807) is 26.0 Å². The van der Waals surface area contributed by atoms with E-state index in [-0.39, 0.29) is 0 Å². The van der Waals surface area contributed by atoms with E-state index in [1.807, 2.05) is 13.0 Å². The van der Waals surface area contributed by atoms with Crippen LogP contribution in [0.4, 0.5) is 0 Å². The molecule has 0 aliphatic heterocycles. The summed E-state index contributed by atoms with van der Waals surface area (Å²) in [5, 5.41) is 9.66. The smallest absolute Gasteiger partial charge is 0.213 e. The Balaban J connectivity index is 2.92. The Hall–Kier alpha value is -1.09. The van der Waals surface area contributed by atoms with Crippen LogP contribution in [0.1, 0.15) is 26.5 Å². The Kier molecular flexibility index (Phi) is 2.88. The monoisotopic (exact) mass is 181 g/mol. The molecular formula is C10H15NO2. The highest BCUT2D eigenvalue weighted by atomic mass is 16.5. The molecule has 0 saturated heterocycles. The van der Waals surface area contributed by atoms with Crippen molar-refractivity contribution in [1.82, 2.24) is 4.98 Å². The van der Waals surface area contributed by atoms with Gasteiger partial charge in [-0.25, -0.2) is 4.98 Å². The van der Waals surface area contributed by atoms with E-state index < -0.39 is 5.60 Å². The number of ether oxygens (including phenoxy) is 1. The van der Waals surface area contributed by atoms with Crippen LogP contribution in [0.25, 0.3) is 0 Å². The molecule has 3 heteroatoms. The molecule has 0 bridgehead atoms. The van der Waals surface area contributed by atoms with Crippen LogP contribution in [-0.4, -0.2) is 16.7 Å². The van der Waals surface area contributed by atoms with Crippen LogP contribution in [0.3, 0.4) is 0 Å². The maximum absolute atomic E-state index is 9.66. The van der Waals surface area contributed by atoms with Gasteiger partial charge in [0.2, 0.25) is 5.88 Å². The first-order valence-electron chi connectivity index (χ1n) is 4.36. The minimum Gasteiger partial charge on any atom is -0.478 e. The molecule has 0 aliphatic rings. The quantitative estimate of drug-likeness (QED) is 0.771. The second-order valence-corrected chi connectivity index (χ2v) is 3.35. The highest BCUT2D eigenvalue weighted by molar-refractivity contribution is 5.19. The molecule has 1 heterocycles. The van der Waals surface area contributed by atoms with Crippen molar-refractivity contribution in [3.63, 3.8) is 0 Å². The van der Waals surface area contributed by atoms with E-state index in [9.17, 15) is 5.11 Å². The minimum atomic E-state index is -0.910. The molecule has 0 spiro atoms. The fraction of sp³-hybridized carbons (Fsp3) is 0.500. The Morgan fingerprint density at radius 1 is 1.46 bits per heavy atom. The maximum Gasteiger partial charge on any atom is 0.213 e. The highest BCUT2D eigenvalue weighted by Crippen LogP contribution is 2.19. The van der Waals surface area contributed by atoms with E-state index in [4.69, 9.17) is 4.74 Å². The van der Waals surface area contributed by atoms with E-state index in [0.29, 0.717) is 18.2 Å². The van der Waals surface area contributed by atoms with E-state index >= 15 is 0 Å². The van der Waals surface area contributed by atoms with Gasteiger partial charge < -0.3 is 9.84 Å². The van der Waals surface area contributed by atoms with Crippen molar-refractivity contribution in [2.24, 2.45) is 0 Å². The summed E-state index contributed by atoms with van der Waals surface area (Å²) in [6.07, 6.45) is 0. The first kappa shape index (κ1) is 9.99. The summed E-state index contributed by atoms with van der Waals surface area (Å²) >= 11 is 0. The zero-order chi connectivity index (χ0) is 9.90. The van der Waals surface area contributed by atoms with E-state index in [1.165, 1.54) is 0 Å². The van der Waals surface area contributed by atoms with Gasteiger partial charge in [-0.1, -0.05) is 6.07 Å². The number of nitrogens with zero attached hydrogens (tertiary/aromatic N) is 1. The lowest BCUT2D eigenvalue weighted by Crippen LogP contribution is -2.17. The third-order valence-corrected chi connectivity index (χ3v) is 1.64. The Bertz CT molecular complexity index is 278. The molecule has 0 unspecified atom stereocenters. The van der Waals surface area contributed by atoms with Crippen LogP contribution in [0.15, 0.2) is 18.2 Å². The maximum atomic E-state index is 9.66. The number of aliphatic hydroxyl groups is 1. The molecule has 0 saturated carbocycles. The third kappa shape index (κ3) is 2.70. The molecule has 72 valence electrons. The fourth-order valence-electron chi connectivity index (χ4n) is 0.984. The summed E-state index contributed by atoms with van der Waals surface area (Å²) in [5.74, 6) is 0.558. The Morgan fingerprint density at radius 2 is 2.15 bits per heavy atom. The van der Waals surface area contributed by atoms with Gasteiger partial charge in [-0.15, -0.1) is 0 Å². The summed E-state index contributed by atoms with van der Waals surface area (Å²) in [4.78, 5) is 4.16. The van der Waals surface area contributed by atoms with E-state index in [2.05, 4.69) is 4.98 Å². The van der Waals surface area contributed by atoms with Crippen molar-refractivity contribution in [1.29, 1.82) is 0 Å². The summed E-state index contributed by atoms with van der Waals surface area (Å²) in [6.45, 7) is 5.89. The summed E-state index contributed by atoms with van der Waals surface area (Å²) in [5.41, 5.74) is -0.286. The van der Waals surface area contributed by atoms with Crippen LogP contribution in [0.5, 0.6) is 5.88 Å². The van der Waals surface area contributed by atoms with Crippen molar-refractivity contribution in [3.05, 3.63) is 23.9 Å². The number of aromatic nitrogens is 1. The van der Waals surface area contributed by atoms with Crippen LogP contribution in [-0.2, 0) is 5.60 Å². The molecular weight excluding hydrogens is 166 g/mol. The topological polar surface area (TPSA) is 42.4 Å². The molecule has 0 atom stereocenters. The fourth-order valence-corrected chi connectivity index (χ4v) is 0.984. The van der Waals surface area contributed by atoms with Crippen molar-refractivity contribution < 1.29 is 9.84 Å². The molecule has 1 aromatic heterocycles. The zero-order valence-electron chi connectivity index (χ0n) is 8.24. The zero-order valence-corrected chi connectivity index (χ0v) is 8.24. The molecule has 0 fully saturated rings.